The first-order valence-corrected chi connectivity index (χ1v) is 8.12. The van der Waals surface area contributed by atoms with E-state index in [9.17, 15) is 4.79 Å². The van der Waals surface area contributed by atoms with E-state index in [1.54, 1.807) is 0 Å². The summed E-state index contributed by atoms with van der Waals surface area (Å²) in [5.74, 6) is 0.520. The number of hydrogen-bond donors (Lipinski definition) is 1. The molecule has 1 atom stereocenters. The van der Waals surface area contributed by atoms with Gasteiger partial charge in [0.2, 0.25) is 5.91 Å². The number of hydrogen-bond acceptors (Lipinski definition) is 3. The summed E-state index contributed by atoms with van der Waals surface area (Å²) >= 11 is 0. The molecule has 1 fully saturated rings. The van der Waals surface area contributed by atoms with Crippen LogP contribution >= 0.6 is 0 Å². The molecular formula is C18H24N2O2. The number of carbonyl (C=O) groups is 1. The number of carbonyl (C=O) groups excluding carboxylic acids is 1. The Hall–Kier alpha value is -1.81. The molecule has 0 spiro atoms. The lowest BCUT2D eigenvalue weighted by atomic mass is 10.0. The monoisotopic (exact) mass is 300 g/mol. The molecule has 2 aliphatic rings. The minimum Gasteiger partial charge on any atom is -0.378 e. The van der Waals surface area contributed by atoms with E-state index in [-0.39, 0.29) is 5.91 Å². The number of benzene rings is 1. The van der Waals surface area contributed by atoms with Crippen LogP contribution in [0.15, 0.2) is 30.4 Å². The number of rotatable bonds is 4. The largest absolute Gasteiger partial charge is 0.378 e. The maximum Gasteiger partial charge on any atom is 0.224 e. The maximum absolute atomic E-state index is 12.1. The summed E-state index contributed by atoms with van der Waals surface area (Å²) in [6, 6.07) is 6.25. The van der Waals surface area contributed by atoms with Crippen molar-refractivity contribution < 1.29 is 9.53 Å². The highest BCUT2D eigenvalue weighted by atomic mass is 16.5. The Morgan fingerprint density at radius 1 is 1.36 bits per heavy atom. The third-order valence-electron chi connectivity index (χ3n) is 4.42. The highest BCUT2D eigenvalue weighted by molar-refractivity contribution is 5.92. The molecule has 0 unspecified atom stereocenters. The van der Waals surface area contributed by atoms with Gasteiger partial charge in [-0.15, -0.1) is 0 Å². The van der Waals surface area contributed by atoms with Gasteiger partial charge in [-0.25, -0.2) is 0 Å². The number of amides is 1. The summed E-state index contributed by atoms with van der Waals surface area (Å²) in [6.07, 6.45) is 7.11. The number of aryl methyl sites for hydroxylation is 1. The highest BCUT2D eigenvalue weighted by Gasteiger charge is 2.16. The van der Waals surface area contributed by atoms with Crippen LogP contribution in [-0.2, 0) is 9.53 Å². The molecule has 1 aromatic rings. The number of ether oxygens (including phenoxy) is 1. The fourth-order valence-corrected chi connectivity index (χ4v) is 3.11. The van der Waals surface area contributed by atoms with Crippen molar-refractivity contribution in [3.63, 3.8) is 0 Å². The molecule has 4 heteroatoms. The molecule has 1 N–H and O–H groups in total. The van der Waals surface area contributed by atoms with Crippen molar-refractivity contribution >= 4 is 17.3 Å². The molecule has 0 saturated carbocycles. The molecule has 0 radical (unpaired) electrons. The van der Waals surface area contributed by atoms with Crippen LogP contribution in [-0.4, -0.2) is 32.2 Å². The summed E-state index contributed by atoms with van der Waals surface area (Å²) in [5, 5.41) is 3.05. The zero-order valence-corrected chi connectivity index (χ0v) is 13.2. The van der Waals surface area contributed by atoms with Crippen molar-refractivity contribution in [3.8, 4) is 0 Å². The fourth-order valence-electron chi connectivity index (χ4n) is 3.11. The average molecular weight is 300 g/mol. The molecule has 118 valence electrons. The van der Waals surface area contributed by atoms with Crippen molar-refractivity contribution in [3.05, 3.63) is 35.9 Å². The van der Waals surface area contributed by atoms with Gasteiger partial charge in [-0.05, 0) is 49.4 Å². The van der Waals surface area contributed by atoms with Crippen LogP contribution in [0, 0.1) is 12.8 Å². The van der Waals surface area contributed by atoms with Crippen LogP contribution < -0.4 is 10.2 Å². The van der Waals surface area contributed by atoms with Gasteiger partial charge < -0.3 is 15.0 Å². The number of nitrogens with zero attached hydrogens (tertiary/aromatic N) is 1. The van der Waals surface area contributed by atoms with Crippen LogP contribution in [0.5, 0.6) is 0 Å². The molecule has 1 amide bonds. The van der Waals surface area contributed by atoms with Gasteiger partial charge in [0, 0.05) is 30.9 Å². The van der Waals surface area contributed by atoms with E-state index in [1.807, 2.05) is 6.07 Å². The third-order valence-corrected chi connectivity index (χ3v) is 4.42. The lowest BCUT2D eigenvalue weighted by molar-refractivity contribution is -0.116. The first-order valence-electron chi connectivity index (χ1n) is 8.12. The molecule has 0 aromatic heterocycles. The Morgan fingerprint density at radius 2 is 2.18 bits per heavy atom. The van der Waals surface area contributed by atoms with Gasteiger partial charge in [0.05, 0.1) is 13.2 Å². The number of nitrogens with one attached hydrogen (secondary N) is 1. The molecular weight excluding hydrogens is 276 g/mol. The molecule has 3 rings (SSSR count). The van der Waals surface area contributed by atoms with Gasteiger partial charge in [-0.1, -0.05) is 12.2 Å². The Labute approximate surface area is 132 Å². The molecule has 1 heterocycles. The summed E-state index contributed by atoms with van der Waals surface area (Å²) in [4.78, 5) is 14.5. The van der Waals surface area contributed by atoms with Crippen LogP contribution in [0.2, 0.25) is 0 Å². The van der Waals surface area contributed by atoms with Crippen molar-refractivity contribution in [2.75, 3.05) is 36.5 Å². The predicted molar refractivity (Wildman–Crippen MR) is 89.3 cm³/mol. The lowest BCUT2D eigenvalue weighted by Gasteiger charge is -2.29. The van der Waals surface area contributed by atoms with E-state index in [1.165, 1.54) is 5.69 Å². The van der Waals surface area contributed by atoms with Gasteiger partial charge >= 0.3 is 0 Å². The normalized spacial score (nSPS) is 21.1. The summed E-state index contributed by atoms with van der Waals surface area (Å²) in [6.45, 7) is 5.48. The van der Waals surface area contributed by atoms with Crippen molar-refractivity contribution in [2.24, 2.45) is 5.92 Å². The number of anilines is 2. The Bertz CT molecular complexity index is 562. The Morgan fingerprint density at radius 3 is 2.86 bits per heavy atom. The second-order valence-corrected chi connectivity index (χ2v) is 6.12. The molecule has 1 aliphatic heterocycles. The quantitative estimate of drug-likeness (QED) is 0.869. The van der Waals surface area contributed by atoms with E-state index in [0.717, 1.165) is 50.4 Å². The first kappa shape index (κ1) is 15.1. The topological polar surface area (TPSA) is 41.6 Å². The minimum atomic E-state index is 0.110. The summed E-state index contributed by atoms with van der Waals surface area (Å²) < 4.78 is 5.39. The molecule has 1 aliphatic carbocycles. The minimum absolute atomic E-state index is 0.110. The van der Waals surface area contributed by atoms with E-state index >= 15 is 0 Å². The number of allylic oxidation sites excluding steroid dienone is 2. The standard InChI is InChI=1S/C18H24N2O2/c1-14-12-16(20-8-10-22-11-9-20)6-7-17(14)19-18(21)13-15-4-2-3-5-15/h2,4,6-7,12,15H,3,5,8-11,13H2,1H3,(H,19,21)/t15-/m0/s1. The van der Waals surface area contributed by atoms with E-state index in [0.29, 0.717) is 12.3 Å². The van der Waals surface area contributed by atoms with Gasteiger partial charge in [-0.2, -0.15) is 0 Å². The average Bonchev–Trinajstić information content (AvgIpc) is 3.03. The Balaban J connectivity index is 1.61. The van der Waals surface area contributed by atoms with Crippen LogP contribution in [0.4, 0.5) is 11.4 Å². The molecule has 4 nitrogen and oxygen atoms in total. The van der Waals surface area contributed by atoms with Crippen LogP contribution in [0.1, 0.15) is 24.8 Å². The highest BCUT2D eigenvalue weighted by Crippen LogP contribution is 2.25. The summed E-state index contributed by atoms with van der Waals surface area (Å²) in [7, 11) is 0. The van der Waals surface area contributed by atoms with E-state index < -0.39 is 0 Å². The second kappa shape index (κ2) is 6.97. The second-order valence-electron chi connectivity index (χ2n) is 6.12. The summed E-state index contributed by atoms with van der Waals surface area (Å²) in [5.41, 5.74) is 3.24. The lowest BCUT2D eigenvalue weighted by Crippen LogP contribution is -2.36. The SMILES string of the molecule is Cc1cc(N2CCOCC2)ccc1NC(=O)C[C@H]1C=CCC1. The molecule has 0 bridgehead atoms. The zero-order valence-electron chi connectivity index (χ0n) is 13.2. The van der Waals surface area contributed by atoms with Gasteiger partial charge in [-0.3, -0.25) is 4.79 Å². The molecule has 1 saturated heterocycles. The molecule has 1 aromatic carbocycles. The maximum atomic E-state index is 12.1. The number of morpholine rings is 1. The van der Waals surface area contributed by atoms with Gasteiger partial charge in [0.25, 0.3) is 0 Å². The van der Waals surface area contributed by atoms with Crippen molar-refractivity contribution in [1.29, 1.82) is 0 Å². The first-order chi connectivity index (χ1) is 10.7. The van der Waals surface area contributed by atoms with E-state index in [4.69, 9.17) is 4.74 Å². The smallest absolute Gasteiger partial charge is 0.224 e. The van der Waals surface area contributed by atoms with Gasteiger partial charge in [0.1, 0.15) is 0 Å². The van der Waals surface area contributed by atoms with Gasteiger partial charge in [0.15, 0.2) is 0 Å². The van der Waals surface area contributed by atoms with Crippen molar-refractivity contribution in [2.45, 2.75) is 26.2 Å². The third kappa shape index (κ3) is 3.69. The fraction of sp³-hybridized carbons (Fsp3) is 0.500. The molecule has 22 heavy (non-hydrogen) atoms. The van der Waals surface area contributed by atoms with E-state index in [2.05, 4.69) is 41.4 Å². The van der Waals surface area contributed by atoms with Crippen molar-refractivity contribution in [1.82, 2.24) is 0 Å². The van der Waals surface area contributed by atoms with Crippen LogP contribution in [0.25, 0.3) is 0 Å². The Kier molecular flexibility index (Phi) is 4.78. The van der Waals surface area contributed by atoms with Crippen LogP contribution in [0.3, 0.4) is 0 Å². The zero-order chi connectivity index (χ0) is 15.4. The predicted octanol–water partition coefficient (Wildman–Crippen LogP) is 3.13.